The van der Waals surface area contributed by atoms with Crippen molar-refractivity contribution in [2.24, 2.45) is 0 Å². The number of aliphatic hydroxyl groups excluding tert-OH is 4. The summed E-state index contributed by atoms with van der Waals surface area (Å²) in [6, 6.07) is 0. The minimum Gasteiger partial charge on any atom is -0.388 e. The Labute approximate surface area is 119 Å². The quantitative estimate of drug-likeness (QED) is 0.344. The van der Waals surface area contributed by atoms with Crippen LogP contribution in [0.4, 0.5) is 5.82 Å². The number of hydrogen-bond donors (Lipinski definition) is 6. The summed E-state index contributed by atoms with van der Waals surface area (Å²) in [5, 5.41) is 38.2. The summed E-state index contributed by atoms with van der Waals surface area (Å²) in [5.41, 5.74) is 1.53. The lowest BCUT2D eigenvalue weighted by molar-refractivity contribution is -0.252. The molecule has 0 bridgehead atoms. The number of anilines is 1. The summed E-state index contributed by atoms with van der Waals surface area (Å²) < 4.78 is 4.47. The van der Waals surface area contributed by atoms with Gasteiger partial charge in [-0.05, 0) is 0 Å². The van der Waals surface area contributed by atoms with Crippen molar-refractivity contribution in [1.29, 1.82) is 0 Å². The number of hydrogen-bond acceptors (Lipinski definition) is 9. The van der Waals surface area contributed by atoms with Gasteiger partial charge in [0.1, 0.15) is 30.2 Å². The third-order valence-corrected chi connectivity index (χ3v) is 2.93. The van der Waals surface area contributed by atoms with Crippen molar-refractivity contribution < 1.29 is 25.2 Å². The molecule has 21 heavy (non-hydrogen) atoms. The molecule has 2 aromatic rings. The minimum atomic E-state index is -1.41. The molecule has 3 rings (SSSR count). The second kappa shape index (κ2) is 6.74. The second-order valence-corrected chi connectivity index (χ2v) is 4.35. The Morgan fingerprint density at radius 1 is 1.19 bits per heavy atom. The SMILES string of the molecule is CNc1ncnc2nc[nH]c12.OC1OC[C@@H](O)[C@@H](O)[C@@H]1O. The topological polar surface area (TPSA) is 157 Å². The molecule has 0 saturated carbocycles. The molecule has 0 aromatic carbocycles. The highest BCUT2D eigenvalue weighted by molar-refractivity contribution is 5.81. The van der Waals surface area contributed by atoms with Crippen LogP contribution in [0.25, 0.3) is 11.2 Å². The summed E-state index contributed by atoms with van der Waals surface area (Å²) in [4.78, 5) is 14.9. The molecule has 6 N–H and O–H groups in total. The van der Waals surface area contributed by atoms with Crippen LogP contribution >= 0.6 is 0 Å². The monoisotopic (exact) mass is 299 g/mol. The first kappa shape index (κ1) is 15.5. The summed E-state index contributed by atoms with van der Waals surface area (Å²) >= 11 is 0. The number of aromatic amines is 1. The third kappa shape index (κ3) is 3.43. The molecule has 0 amide bonds. The molecule has 1 saturated heterocycles. The Morgan fingerprint density at radius 2 is 1.95 bits per heavy atom. The van der Waals surface area contributed by atoms with Gasteiger partial charge < -0.3 is 35.5 Å². The minimum absolute atomic E-state index is 0.153. The van der Waals surface area contributed by atoms with Crippen LogP contribution in [0.2, 0.25) is 0 Å². The predicted molar refractivity (Wildman–Crippen MR) is 71.2 cm³/mol. The van der Waals surface area contributed by atoms with Crippen molar-refractivity contribution in [3.8, 4) is 0 Å². The van der Waals surface area contributed by atoms with Gasteiger partial charge in [0, 0.05) is 7.05 Å². The normalized spacial score (nSPS) is 28.8. The number of ether oxygens (including phenoxy) is 1. The zero-order valence-electron chi connectivity index (χ0n) is 11.2. The van der Waals surface area contributed by atoms with Crippen LogP contribution < -0.4 is 5.32 Å². The summed E-state index contributed by atoms with van der Waals surface area (Å²) in [7, 11) is 1.81. The highest BCUT2D eigenvalue weighted by Crippen LogP contribution is 2.13. The Bertz CT molecular complexity index is 565. The first-order valence-electron chi connectivity index (χ1n) is 6.20. The average molecular weight is 299 g/mol. The van der Waals surface area contributed by atoms with Crippen molar-refractivity contribution >= 4 is 17.0 Å². The van der Waals surface area contributed by atoms with E-state index < -0.39 is 24.6 Å². The molecule has 0 spiro atoms. The molecule has 0 radical (unpaired) electrons. The fourth-order valence-electron chi connectivity index (χ4n) is 1.75. The van der Waals surface area contributed by atoms with Gasteiger partial charge in [-0.25, -0.2) is 15.0 Å². The van der Waals surface area contributed by atoms with Crippen LogP contribution in [-0.4, -0.2) is 78.6 Å². The largest absolute Gasteiger partial charge is 0.388 e. The molecular weight excluding hydrogens is 282 g/mol. The lowest BCUT2D eigenvalue weighted by Crippen LogP contribution is -2.52. The van der Waals surface area contributed by atoms with E-state index in [1.807, 2.05) is 7.05 Å². The number of imidazole rings is 1. The van der Waals surface area contributed by atoms with E-state index in [-0.39, 0.29) is 6.61 Å². The number of nitrogens with one attached hydrogen (secondary N) is 2. The van der Waals surface area contributed by atoms with E-state index in [1.165, 1.54) is 6.33 Å². The zero-order chi connectivity index (χ0) is 15.4. The number of fused-ring (bicyclic) bond motifs is 1. The number of rotatable bonds is 1. The number of H-pyrrole nitrogens is 1. The molecule has 1 aliphatic heterocycles. The molecular formula is C11H17N5O5. The molecule has 2 aromatic heterocycles. The molecule has 0 aliphatic carbocycles. The molecule has 1 unspecified atom stereocenters. The fraction of sp³-hybridized carbons (Fsp3) is 0.545. The lowest BCUT2D eigenvalue weighted by Gasteiger charge is -2.31. The molecule has 1 fully saturated rings. The Kier molecular flexibility index (Phi) is 4.98. The van der Waals surface area contributed by atoms with E-state index >= 15 is 0 Å². The zero-order valence-corrected chi connectivity index (χ0v) is 11.2. The van der Waals surface area contributed by atoms with E-state index in [9.17, 15) is 0 Å². The highest BCUT2D eigenvalue weighted by atomic mass is 16.6. The fourth-order valence-corrected chi connectivity index (χ4v) is 1.75. The maximum Gasteiger partial charge on any atom is 0.183 e. The van der Waals surface area contributed by atoms with Crippen LogP contribution in [0.3, 0.4) is 0 Å². The third-order valence-electron chi connectivity index (χ3n) is 2.93. The van der Waals surface area contributed by atoms with Gasteiger partial charge in [-0.3, -0.25) is 0 Å². The molecule has 116 valence electrons. The van der Waals surface area contributed by atoms with Crippen LogP contribution in [0, 0.1) is 0 Å². The van der Waals surface area contributed by atoms with Crippen molar-refractivity contribution in [3.05, 3.63) is 12.7 Å². The van der Waals surface area contributed by atoms with Crippen LogP contribution in [0.5, 0.6) is 0 Å². The van der Waals surface area contributed by atoms with E-state index in [2.05, 4.69) is 30.0 Å². The van der Waals surface area contributed by atoms with E-state index in [1.54, 1.807) is 6.33 Å². The predicted octanol–water partition coefficient (Wildman–Crippen LogP) is -2.19. The van der Waals surface area contributed by atoms with Crippen LogP contribution in [0.1, 0.15) is 0 Å². The average Bonchev–Trinajstić information content (AvgIpc) is 2.98. The summed E-state index contributed by atoms with van der Waals surface area (Å²) in [5.74, 6) is 0.771. The molecule has 10 nitrogen and oxygen atoms in total. The van der Waals surface area contributed by atoms with Gasteiger partial charge in [-0.1, -0.05) is 0 Å². The van der Waals surface area contributed by atoms with E-state index in [0.717, 1.165) is 11.3 Å². The van der Waals surface area contributed by atoms with Crippen LogP contribution in [-0.2, 0) is 4.74 Å². The van der Waals surface area contributed by atoms with Gasteiger partial charge in [0.25, 0.3) is 0 Å². The van der Waals surface area contributed by atoms with E-state index in [4.69, 9.17) is 20.4 Å². The standard InChI is InChI=1S/C6H7N5.C5H10O5/c1-7-5-4-6(10-2-8-4)11-3-9-5;6-2-1-10-5(9)4(8)3(2)7/h2-3H,1H3,(H2,7,8,9,10,11);2-9H,1H2/t;2-,3-,4+,5?/m.1/s1. The van der Waals surface area contributed by atoms with Gasteiger partial charge in [0.15, 0.2) is 17.8 Å². The summed E-state index contributed by atoms with van der Waals surface area (Å²) in [6.45, 7) is -0.153. The van der Waals surface area contributed by atoms with E-state index in [0.29, 0.717) is 5.65 Å². The Balaban J connectivity index is 0.000000155. The molecule has 10 heteroatoms. The lowest BCUT2D eigenvalue weighted by atomic mass is 10.1. The number of nitrogens with zero attached hydrogens (tertiary/aromatic N) is 3. The van der Waals surface area contributed by atoms with Crippen molar-refractivity contribution in [3.63, 3.8) is 0 Å². The Hall–Kier alpha value is -1.85. The maximum absolute atomic E-state index is 8.88. The Morgan fingerprint density at radius 3 is 2.62 bits per heavy atom. The molecule has 4 atom stereocenters. The second-order valence-electron chi connectivity index (χ2n) is 4.35. The first-order valence-corrected chi connectivity index (χ1v) is 6.20. The summed E-state index contributed by atoms with van der Waals surface area (Å²) in [6.07, 6.45) is -2.15. The van der Waals surface area contributed by atoms with Gasteiger partial charge >= 0.3 is 0 Å². The van der Waals surface area contributed by atoms with Gasteiger partial charge in [-0.2, -0.15) is 0 Å². The van der Waals surface area contributed by atoms with Crippen LogP contribution in [0.15, 0.2) is 12.7 Å². The molecule has 1 aliphatic rings. The maximum atomic E-state index is 8.88. The van der Waals surface area contributed by atoms with Gasteiger partial charge in [0.05, 0.1) is 12.9 Å². The number of aliphatic hydroxyl groups is 4. The van der Waals surface area contributed by atoms with Crippen molar-refractivity contribution in [2.45, 2.75) is 24.6 Å². The van der Waals surface area contributed by atoms with Crippen molar-refractivity contribution in [2.75, 3.05) is 19.0 Å². The first-order chi connectivity index (χ1) is 10.0. The van der Waals surface area contributed by atoms with Gasteiger partial charge in [-0.15, -0.1) is 0 Å². The molecule has 3 heterocycles. The van der Waals surface area contributed by atoms with Gasteiger partial charge in [0.2, 0.25) is 0 Å². The number of aromatic nitrogens is 4. The smallest absolute Gasteiger partial charge is 0.183 e. The van der Waals surface area contributed by atoms with Crippen molar-refractivity contribution in [1.82, 2.24) is 19.9 Å². The highest BCUT2D eigenvalue weighted by Gasteiger charge is 2.36.